The van der Waals surface area contributed by atoms with Crippen LogP contribution in [0.25, 0.3) is 0 Å². The van der Waals surface area contributed by atoms with E-state index >= 15 is 0 Å². The van der Waals surface area contributed by atoms with Crippen molar-refractivity contribution in [1.82, 2.24) is 14.8 Å². The van der Waals surface area contributed by atoms with Gasteiger partial charge in [-0.3, -0.25) is 4.79 Å². The Morgan fingerprint density at radius 3 is 2.31 bits per heavy atom. The standard InChI is InChI=1S/C25H32N4O2S/c1-6-19-8-14-22(15-9-19)31-18(5)24-27-28-25(29(24)7-2)32-16-23(30)26-21-12-10-20(11-13-21)17(3)4/h8-15,17-18H,6-7,16H2,1-5H3,(H,26,30)/t18-/m1/s1. The van der Waals surface area contributed by atoms with E-state index in [0.717, 1.165) is 23.7 Å². The van der Waals surface area contributed by atoms with Gasteiger partial charge in [0.25, 0.3) is 0 Å². The smallest absolute Gasteiger partial charge is 0.234 e. The molecule has 1 aromatic heterocycles. The van der Waals surface area contributed by atoms with E-state index in [1.807, 2.05) is 54.8 Å². The highest BCUT2D eigenvalue weighted by Gasteiger charge is 2.19. The van der Waals surface area contributed by atoms with Crippen molar-refractivity contribution in [3.8, 4) is 5.75 Å². The van der Waals surface area contributed by atoms with Gasteiger partial charge < -0.3 is 14.6 Å². The van der Waals surface area contributed by atoms with Gasteiger partial charge in [-0.25, -0.2) is 0 Å². The molecular weight excluding hydrogens is 420 g/mol. The predicted molar refractivity (Wildman–Crippen MR) is 130 cm³/mol. The molecule has 0 unspecified atom stereocenters. The molecule has 1 atom stereocenters. The van der Waals surface area contributed by atoms with Crippen molar-refractivity contribution in [2.75, 3.05) is 11.1 Å². The number of hydrogen-bond acceptors (Lipinski definition) is 5. The number of ether oxygens (including phenoxy) is 1. The average molecular weight is 453 g/mol. The molecule has 32 heavy (non-hydrogen) atoms. The lowest BCUT2D eigenvalue weighted by atomic mass is 10.0. The lowest BCUT2D eigenvalue weighted by Gasteiger charge is -2.16. The lowest BCUT2D eigenvalue weighted by molar-refractivity contribution is -0.113. The molecule has 0 saturated carbocycles. The lowest BCUT2D eigenvalue weighted by Crippen LogP contribution is -2.15. The van der Waals surface area contributed by atoms with Gasteiger partial charge in [-0.2, -0.15) is 0 Å². The third kappa shape index (κ3) is 6.13. The predicted octanol–water partition coefficient (Wildman–Crippen LogP) is 5.85. The van der Waals surface area contributed by atoms with Crippen molar-refractivity contribution in [3.05, 3.63) is 65.5 Å². The van der Waals surface area contributed by atoms with Crippen LogP contribution in [0.15, 0.2) is 53.7 Å². The van der Waals surface area contributed by atoms with Crippen LogP contribution in [-0.4, -0.2) is 26.4 Å². The molecular formula is C25H32N4O2S. The second-order valence-corrected chi connectivity index (χ2v) is 8.90. The van der Waals surface area contributed by atoms with Crippen LogP contribution < -0.4 is 10.1 Å². The highest BCUT2D eigenvalue weighted by atomic mass is 32.2. The van der Waals surface area contributed by atoms with Crippen molar-refractivity contribution >= 4 is 23.4 Å². The van der Waals surface area contributed by atoms with Crippen molar-refractivity contribution in [3.63, 3.8) is 0 Å². The first-order valence-electron chi connectivity index (χ1n) is 11.1. The molecule has 0 aliphatic rings. The number of rotatable bonds is 10. The van der Waals surface area contributed by atoms with E-state index < -0.39 is 0 Å². The van der Waals surface area contributed by atoms with E-state index in [9.17, 15) is 4.79 Å². The summed E-state index contributed by atoms with van der Waals surface area (Å²) in [5.74, 6) is 2.21. The Morgan fingerprint density at radius 2 is 1.72 bits per heavy atom. The van der Waals surface area contributed by atoms with Gasteiger partial charge in [0.15, 0.2) is 17.1 Å². The molecule has 1 heterocycles. The number of anilines is 1. The van der Waals surface area contributed by atoms with E-state index in [-0.39, 0.29) is 17.8 Å². The van der Waals surface area contributed by atoms with Crippen LogP contribution in [0.2, 0.25) is 0 Å². The molecule has 1 N–H and O–H groups in total. The van der Waals surface area contributed by atoms with Gasteiger partial charge >= 0.3 is 0 Å². The third-order valence-corrected chi connectivity index (χ3v) is 6.23. The Morgan fingerprint density at radius 1 is 1.03 bits per heavy atom. The van der Waals surface area contributed by atoms with E-state index in [1.165, 1.54) is 22.9 Å². The zero-order valence-electron chi connectivity index (χ0n) is 19.5. The number of carbonyl (C=O) groups is 1. The minimum atomic E-state index is -0.252. The number of aromatic nitrogens is 3. The summed E-state index contributed by atoms with van der Waals surface area (Å²) in [6, 6.07) is 16.1. The van der Waals surface area contributed by atoms with Crippen LogP contribution in [-0.2, 0) is 17.8 Å². The maximum atomic E-state index is 12.4. The van der Waals surface area contributed by atoms with E-state index in [0.29, 0.717) is 17.6 Å². The second kappa shape index (κ2) is 11.2. The van der Waals surface area contributed by atoms with Crippen LogP contribution in [0.3, 0.4) is 0 Å². The van der Waals surface area contributed by atoms with Gasteiger partial charge in [-0.1, -0.05) is 56.8 Å². The van der Waals surface area contributed by atoms with Crippen LogP contribution in [0.5, 0.6) is 5.75 Å². The molecule has 3 rings (SSSR count). The first-order chi connectivity index (χ1) is 15.4. The number of aryl methyl sites for hydroxylation is 1. The Labute approximate surface area is 194 Å². The number of benzene rings is 2. The van der Waals surface area contributed by atoms with E-state index in [2.05, 4.69) is 48.4 Å². The van der Waals surface area contributed by atoms with Gasteiger partial charge in [0.1, 0.15) is 5.75 Å². The fraction of sp³-hybridized carbons (Fsp3) is 0.400. The van der Waals surface area contributed by atoms with E-state index in [4.69, 9.17) is 4.74 Å². The highest BCUT2D eigenvalue weighted by molar-refractivity contribution is 7.99. The van der Waals surface area contributed by atoms with Gasteiger partial charge in [0.05, 0.1) is 5.75 Å². The second-order valence-electron chi connectivity index (χ2n) is 7.96. The van der Waals surface area contributed by atoms with E-state index in [1.54, 1.807) is 0 Å². The SMILES string of the molecule is CCc1ccc(O[C@H](C)c2nnc(SCC(=O)Nc3ccc(C(C)C)cc3)n2CC)cc1. The summed E-state index contributed by atoms with van der Waals surface area (Å²) in [4.78, 5) is 12.4. The number of carbonyl (C=O) groups excluding carboxylic acids is 1. The van der Waals surface area contributed by atoms with Crippen LogP contribution in [0.4, 0.5) is 5.69 Å². The molecule has 170 valence electrons. The summed E-state index contributed by atoms with van der Waals surface area (Å²) < 4.78 is 8.08. The summed E-state index contributed by atoms with van der Waals surface area (Å²) >= 11 is 1.38. The minimum absolute atomic E-state index is 0.0696. The molecule has 0 radical (unpaired) electrons. The molecule has 2 aromatic carbocycles. The summed E-state index contributed by atoms with van der Waals surface area (Å²) in [5.41, 5.74) is 3.32. The maximum absolute atomic E-state index is 12.4. The van der Waals surface area contributed by atoms with Crippen LogP contribution >= 0.6 is 11.8 Å². The van der Waals surface area contributed by atoms with Crippen molar-refractivity contribution in [2.24, 2.45) is 0 Å². The minimum Gasteiger partial charge on any atom is -0.483 e. The first-order valence-corrected chi connectivity index (χ1v) is 12.1. The molecule has 3 aromatic rings. The van der Waals surface area contributed by atoms with Crippen molar-refractivity contribution < 1.29 is 9.53 Å². The first kappa shape index (κ1) is 23.9. The zero-order valence-corrected chi connectivity index (χ0v) is 20.3. The maximum Gasteiger partial charge on any atom is 0.234 e. The Balaban J connectivity index is 1.59. The molecule has 0 saturated heterocycles. The molecule has 0 bridgehead atoms. The summed E-state index contributed by atoms with van der Waals surface area (Å²) in [6.45, 7) is 11.1. The van der Waals surface area contributed by atoms with Crippen LogP contribution in [0.1, 0.15) is 63.6 Å². The summed E-state index contributed by atoms with van der Waals surface area (Å²) in [6.07, 6.45) is 0.745. The Bertz CT molecular complexity index is 1010. The number of nitrogens with one attached hydrogen (secondary N) is 1. The molecule has 0 aliphatic heterocycles. The fourth-order valence-electron chi connectivity index (χ4n) is 3.34. The van der Waals surface area contributed by atoms with Crippen molar-refractivity contribution in [2.45, 2.75) is 64.8 Å². The topological polar surface area (TPSA) is 69.0 Å². The molecule has 0 fully saturated rings. The van der Waals surface area contributed by atoms with Gasteiger partial charge in [0.2, 0.25) is 5.91 Å². The number of hydrogen-bond donors (Lipinski definition) is 1. The third-order valence-electron chi connectivity index (χ3n) is 5.26. The summed E-state index contributed by atoms with van der Waals surface area (Å²) in [5, 5.41) is 12.3. The van der Waals surface area contributed by atoms with Gasteiger partial charge in [-0.15, -0.1) is 10.2 Å². The summed E-state index contributed by atoms with van der Waals surface area (Å²) in [7, 11) is 0. The number of thioether (sulfide) groups is 1. The monoisotopic (exact) mass is 452 g/mol. The molecule has 1 amide bonds. The average Bonchev–Trinajstić information content (AvgIpc) is 3.21. The van der Waals surface area contributed by atoms with Crippen molar-refractivity contribution in [1.29, 1.82) is 0 Å². The largest absolute Gasteiger partial charge is 0.483 e. The molecule has 0 spiro atoms. The highest BCUT2D eigenvalue weighted by Crippen LogP contribution is 2.25. The quantitative estimate of drug-likeness (QED) is 0.391. The molecule has 0 aliphatic carbocycles. The van der Waals surface area contributed by atoms with Gasteiger partial charge in [0, 0.05) is 12.2 Å². The molecule has 7 heteroatoms. The Hall–Kier alpha value is -2.80. The number of nitrogens with zero attached hydrogens (tertiary/aromatic N) is 3. The zero-order chi connectivity index (χ0) is 23.1. The van der Waals surface area contributed by atoms with Crippen LogP contribution in [0, 0.1) is 0 Å². The molecule has 6 nitrogen and oxygen atoms in total. The normalized spacial score (nSPS) is 12.1. The fourth-order valence-corrected chi connectivity index (χ4v) is 4.15. The Kier molecular flexibility index (Phi) is 8.33. The number of amides is 1. The van der Waals surface area contributed by atoms with Gasteiger partial charge in [-0.05, 0) is 61.6 Å².